The van der Waals surface area contributed by atoms with Gasteiger partial charge in [-0.15, -0.1) is 0 Å². The van der Waals surface area contributed by atoms with Gasteiger partial charge in [0.05, 0.1) is 17.6 Å². The van der Waals surface area contributed by atoms with Crippen LogP contribution < -0.4 is 14.8 Å². The number of imidazole rings is 1. The molecule has 9 nitrogen and oxygen atoms in total. The van der Waals surface area contributed by atoms with Crippen LogP contribution >= 0.6 is 0 Å². The molecule has 3 aromatic rings. The number of nitrogens with zero attached hydrogens (tertiary/aromatic N) is 4. The van der Waals surface area contributed by atoms with Crippen molar-refractivity contribution in [3.05, 3.63) is 77.6 Å². The van der Waals surface area contributed by atoms with Gasteiger partial charge in [0.1, 0.15) is 0 Å². The number of nitrogens with one attached hydrogen (secondary N) is 1. The number of ether oxygens (including phenoxy) is 2. The van der Waals surface area contributed by atoms with Crippen molar-refractivity contribution in [2.45, 2.75) is 38.6 Å². The number of amides is 2. The largest absolute Gasteiger partial charge is 0.454 e. The molecule has 0 saturated carbocycles. The van der Waals surface area contributed by atoms with Crippen LogP contribution in [0.1, 0.15) is 52.5 Å². The van der Waals surface area contributed by atoms with E-state index in [9.17, 15) is 9.59 Å². The van der Waals surface area contributed by atoms with Gasteiger partial charge in [0, 0.05) is 56.3 Å². The topological polar surface area (TPSA) is 98.6 Å². The molecule has 0 radical (unpaired) electrons. The Kier molecular flexibility index (Phi) is 7.49. The van der Waals surface area contributed by atoms with E-state index in [0.29, 0.717) is 30.9 Å². The van der Waals surface area contributed by atoms with Gasteiger partial charge in [0.2, 0.25) is 12.7 Å². The third-order valence-electron chi connectivity index (χ3n) is 6.75. The molecular weight excluding hydrogens is 470 g/mol. The number of hydrogen-bond donors (Lipinski definition) is 1. The van der Waals surface area contributed by atoms with E-state index in [2.05, 4.69) is 10.3 Å². The molecule has 5 rings (SSSR count). The van der Waals surface area contributed by atoms with Crippen LogP contribution in [0.25, 0.3) is 6.08 Å². The van der Waals surface area contributed by atoms with Gasteiger partial charge in [-0.3, -0.25) is 14.6 Å². The van der Waals surface area contributed by atoms with E-state index in [4.69, 9.17) is 14.5 Å². The Labute approximate surface area is 216 Å². The molecule has 37 heavy (non-hydrogen) atoms. The summed E-state index contributed by atoms with van der Waals surface area (Å²) in [5.41, 5.74) is 3.23. The molecule has 1 saturated heterocycles. The number of carbonyl (C=O) groups excluding carboxylic acids is 2. The lowest BCUT2D eigenvalue weighted by Gasteiger charge is -2.32. The molecular formula is C28H31N5O4. The Bertz CT molecular complexity index is 1280. The number of pyridine rings is 1. The normalized spacial score (nSPS) is 15.3. The number of fused-ring (bicyclic) bond motifs is 1. The number of hydrogen-bond acceptors (Lipinski definition) is 6. The fourth-order valence-electron chi connectivity index (χ4n) is 4.72. The van der Waals surface area contributed by atoms with Crippen LogP contribution in [0, 0.1) is 6.92 Å². The molecule has 0 bridgehead atoms. The Balaban J connectivity index is 1.16. The second-order valence-electron chi connectivity index (χ2n) is 9.34. The van der Waals surface area contributed by atoms with E-state index < -0.39 is 0 Å². The average Bonchev–Trinajstić information content (AvgIpc) is 3.61. The van der Waals surface area contributed by atoms with E-state index >= 15 is 0 Å². The summed E-state index contributed by atoms with van der Waals surface area (Å²) in [6.07, 6.45) is 11.2. The van der Waals surface area contributed by atoms with Gasteiger partial charge in [-0.1, -0.05) is 6.07 Å². The number of likely N-dealkylation sites (tertiary alicyclic amines) is 1. The SMILES string of the molecule is Cc1ccc(C(=O)NCCCn2ccnc2)c(C2CCN(C(=O)/C=C/c3ccc4c(c3)OCO4)CC2)n1. The first kappa shape index (κ1) is 24.5. The molecule has 0 spiro atoms. The molecule has 2 aliphatic rings. The van der Waals surface area contributed by atoms with Crippen molar-refractivity contribution in [2.75, 3.05) is 26.4 Å². The highest BCUT2D eigenvalue weighted by atomic mass is 16.7. The lowest BCUT2D eigenvalue weighted by molar-refractivity contribution is -0.127. The minimum Gasteiger partial charge on any atom is -0.454 e. The number of aryl methyl sites for hydroxylation is 2. The van der Waals surface area contributed by atoms with Crippen molar-refractivity contribution in [2.24, 2.45) is 0 Å². The zero-order chi connectivity index (χ0) is 25.6. The molecule has 2 aromatic heterocycles. The van der Waals surface area contributed by atoms with Crippen molar-refractivity contribution < 1.29 is 19.1 Å². The van der Waals surface area contributed by atoms with Crippen LogP contribution in [-0.2, 0) is 11.3 Å². The molecule has 1 N–H and O–H groups in total. The first-order chi connectivity index (χ1) is 18.1. The van der Waals surface area contributed by atoms with Crippen molar-refractivity contribution in [3.8, 4) is 11.5 Å². The molecule has 9 heteroatoms. The number of piperidine rings is 1. The third kappa shape index (κ3) is 5.99. The number of benzene rings is 1. The van der Waals surface area contributed by atoms with Crippen molar-refractivity contribution >= 4 is 17.9 Å². The molecule has 0 unspecified atom stereocenters. The van der Waals surface area contributed by atoms with Crippen LogP contribution in [0.4, 0.5) is 0 Å². The van der Waals surface area contributed by atoms with Crippen LogP contribution in [0.5, 0.6) is 11.5 Å². The average molecular weight is 502 g/mol. The summed E-state index contributed by atoms with van der Waals surface area (Å²) < 4.78 is 12.7. The Morgan fingerprint density at radius 2 is 1.97 bits per heavy atom. The second kappa shape index (κ2) is 11.3. The molecule has 1 fully saturated rings. The maximum atomic E-state index is 13.0. The first-order valence-electron chi connectivity index (χ1n) is 12.6. The van der Waals surface area contributed by atoms with E-state index in [-0.39, 0.29) is 24.5 Å². The van der Waals surface area contributed by atoms with E-state index in [1.54, 1.807) is 24.7 Å². The minimum absolute atomic E-state index is 0.0239. The monoisotopic (exact) mass is 501 g/mol. The molecule has 1 aromatic carbocycles. The van der Waals surface area contributed by atoms with Crippen molar-refractivity contribution in [3.63, 3.8) is 0 Å². The van der Waals surface area contributed by atoms with E-state index in [0.717, 1.165) is 48.5 Å². The molecule has 0 aliphatic carbocycles. The summed E-state index contributed by atoms with van der Waals surface area (Å²) in [5.74, 6) is 1.42. The number of carbonyl (C=O) groups is 2. The van der Waals surface area contributed by atoms with E-state index in [1.807, 2.05) is 52.9 Å². The number of aromatic nitrogens is 3. The zero-order valence-corrected chi connectivity index (χ0v) is 20.9. The van der Waals surface area contributed by atoms with Gasteiger partial charge >= 0.3 is 0 Å². The summed E-state index contributed by atoms with van der Waals surface area (Å²) in [6, 6.07) is 9.36. The molecule has 4 heterocycles. The molecule has 2 amide bonds. The van der Waals surface area contributed by atoms with Gasteiger partial charge in [-0.25, -0.2) is 4.98 Å². The second-order valence-corrected chi connectivity index (χ2v) is 9.34. The molecule has 2 aliphatic heterocycles. The van der Waals surface area contributed by atoms with Crippen molar-refractivity contribution in [1.82, 2.24) is 24.8 Å². The summed E-state index contributed by atoms with van der Waals surface area (Å²) in [5, 5.41) is 3.03. The minimum atomic E-state index is -0.0988. The maximum absolute atomic E-state index is 13.0. The summed E-state index contributed by atoms with van der Waals surface area (Å²) in [4.78, 5) is 36.4. The Morgan fingerprint density at radius 1 is 1.14 bits per heavy atom. The highest BCUT2D eigenvalue weighted by Gasteiger charge is 2.27. The summed E-state index contributed by atoms with van der Waals surface area (Å²) in [7, 11) is 0. The van der Waals surface area contributed by atoms with Gasteiger partial charge in [-0.2, -0.15) is 0 Å². The molecule has 192 valence electrons. The van der Waals surface area contributed by atoms with Crippen LogP contribution in [0.15, 0.2) is 55.1 Å². The van der Waals surface area contributed by atoms with Crippen LogP contribution in [-0.4, -0.2) is 57.7 Å². The fraction of sp³-hybridized carbons (Fsp3) is 0.357. The Hall–Kier alpha value is -4.14. The third-order valence-corrected chi connectivity index (χ3v) is 6.75. The van der Waals surface area contributed by atoms with Gasteiger partial charge in [-0.05, 0) is 62.1 Å². The quantitative estimate of drug-likeness (QED) is 0.374. The lowest BCUT2D eigenvalue weighted by atomic mass is 9.89. The number of rotatable bonds is 8. The molecule has 0 atom stereocenters. The van der Waals surface area contributed by atoms with Gasteiger partial charge < -0.3 is 24.3 Å². The summed E-state index contributed by atoms with van der Waals surface area (Å²) >= 11 is 0. The highest BCUT2D eigenvalue weighted by Crippen LogP contribution is 2.33. The standard InChI is InChI=1S/C28H31N5O4/c1-20-3-6-23(28(35)30-11-2-13-32-16-12-29-18-32)27(31-20)22-9-14-33(15-10-22)26(34)8-5-21-4-7-24-25(17-21)37-19-36-24/h3-8,12,16-18,22H,2,9-11,13-15,19H2,1H3,(H,30,35)/b8-5+. The van der Waals surface area contributed by atoms with Crippen molar-refractivity contribution in [1.29, 1.82) is 0 Å². The first-order valence-corrected chi connectivity index (χ1v) is 12.6. The Morgan fingerprint density at radius 3 is 2.78 bits per heavy atom. The predicted octanol–water partition coefficient (Wildman–Crippen LogP) is 3.55. The predicted molar refractivity (Wildman–Crippen MR) is 138 cm³/mol. The fourth-order valence-corrected chi connectivity index (χ4v) is 4.72. The van der Waals surface area contributed by atoms with Crippen LogP contribution in [0.3, 0.4) is 0 Å². The van der Waals surface area contributed by atoms with Gasteiger partial charge in [0.25, 0.3) is 5.91 Å². The van der Waals surface area contributed by atoms with Gasteiger partial charge in [0.15, 0.2) is 11.5 Å². The lowest BCUT2D eigenvalue weighted by Crippen LogP contribution is -2.37. The van der Waals surface area contributed by atoms with Crippen LogP contribution in [0.2, 0.25) is 0 Å². The smallest absolute Gasteiger partial charge is 0.253 e. The highest BCUT2D eigenvalue weighted by molar-refractivity contribution is 5.95. The summed E-state index contributed by atoms with van der Waals surface area (Å²) in [6.45, 7) is 4.78. The zero-order valence-electron chi connectivity index (χ0n) is 20.9. The van der Waals surface area contributed by atoms with E-state index in [1.165, 1.54) is 0 Å². The maximum Gasteiger partial charge on any atom is 0.253 e.